The second-order valence-corrected chi connectivity index (χ2v) is 7.27. The van der Waals surface area contributed by atoms with E-state index in [2.05, 4.69) is 21.0 Å². The Balaban J connectivity index is 2.18. The molecule has 19 heavy (non-hydrogen) atoms. The number of hydrogen-bond acceptors (Lipinski definition) is 4. The van der Waals surface area contributed by atoms with Gasteiger partial charge in [0.25, 0.3) is 0 Å². The number of nitrogens with zero attached hydrogens (tertiary/aromatic N) is 2. The molecule has 0 unspecified atom stereocenters. The largest absolute Gasteiger partial charge is 0.398 e. The predicted octanol–water partition coefficient (Wildman–Crippen LogP) is 1.78. The first-order valence-electron chi connectivity index (χ1n) is 5.64. The summed E-state index contributed by atoms with van der Waals surface area (Å²) in [5.74, 6) is 0.0184. The molecule has 102 valence electrons. The number of aromatic nitrogens is 2. The van der Waals surface area contributed by atoms with Gasteiger partial charge in [0.2, 0.25) is 0 Å². The second kappa shape index (κ2) is 5.34. The first-order chi connectivity index (χ1) is 8.88. The van der Waals surface area contributed by atoms with E-state index in [1.807, 2.05) is 0 Å². The van der Waals surface area contributed by atoms with Crippen LogP contribution in [-0.2, 0) is 23.3 Å². The average Bonchev–Trinajstić information content (AvgIpc) is 2.72. The highest BCUT2D eigenvalue weighted by atomic mass is 79.9. The van der Waals surface area contributed by atoms with Gasteiger partial charge < -0.3 is 5.73 Å². The van der Waals surface area contributed by atoms with Gasteiger partial charge in [-0.05, 0) is 30.2 Å². The van der Waals surface area contributed by atoms with Crippen LogP contribution in [0, 0.1) is 0 Å². The molecule has 0 saturated carbocycles. The molecule has 0 fully saturated rings. The molecule has 0 bridgehead atoms. The molecule has 7 heteroatoms. The van der Waals surface area contributed by atoms with Gasteiger partial charge in [-0.2, -0.15) is 5.10 Å². The van der Waals surface area contributed by atoms with Crippen LogP contribution >= 0.6 is 15.9 Å². The summed E-state index contributed by atoms with van der Waals surface area (Å²) in [5.41, 5.74) is 6.91. The topological polar surface area (TPSA) is 78.0 Å². The molecule has 0 atom stereocenters. The van der Waals surface area contributed by atoms with Crippen LogP contribution in [0.2, 0.25) is 0 Å². The minimum absolute atomic E-state index is 0.0184. The van der Waals surface area contributed by atoms with Crippen molar-refractivity contribution in [1.29, 1.82) is 0 Å². The van der Waals surface area contributed by atoms with E-state index in [1.54, 1.807) is 36.3 Å². The lowest BCUT2D eigenvalue weighted by Gasteiger charge is -2.07. The minimum Gasteiger partial charge on any atom is -0.398 e. The number of rotatable bonds is 4. The van der Waals surface area contributed by atoms with Gasteiger partial charge in [0.1, 0.15) is 0 Å². The Morgan fingerprint density at radius 1 is 1.42 bits per heavy atom. The molecular formula is C12H14BrN3O2S. The van der Waals surface area contributed by atoms with Crippen molar-refractivity contribution in [2.45, 2.75) is 11.3 Å². The summed E-state index contributed by atoms with van der Waals surface area (Å²) in [4.78, 5) is 0.180. The van der Waals surface area contributed by atoms with Crippen LogP contribution in [0.15, 0.2) is 40.0 Å². The first-order valence-corrected chi connectivity index (χ1v) is 8.08. The maximum atomic E-state index is 12.2. The third-order valence-electron chi connectivity index (χ3n) is 2.72. The fourth-order valence-electron chi connectivity index (χ4n) is 1.77. The zero-order chi connectivity index (χ0) is 14.0. The van der Waals surface area contributed by atoms with Gasteiger partial charge in [-0.3, -0.25) is 4.68 Å². The van der Waals surface area contributed by atoms with E-state index in [4.69, 9.17) is 5.73 Å². The molecule has 0 aliphatic carbocycles. The number of halogens is 1. The lowest BCUT2D eigenvalue weighted by Crippen LogP contribution is -2.11. The summed E-state index contributed by atoms with van der Waals surface area (Å²) in [6.45, 7) is 0. The molecule has 2 N–H and O–H groups in total. The SMILES string of the molecule is Cn1cc(CCS(=O)(=O)c2ccc(Br)cc2N)cn1. The van der Waals surface area contributed by atoms with E-state index in [0.717, 1.165) is 10.0 Å². The zero-order valence-corrected chi connectivity index (χ0v) is 12.8. The molecule has 0 radical (unpaired) electrons. The highest BCUT2D eigenvalue weighted by Crippen LogP contribution is 2.24. The molecule has 0 aliphatic rings. The summed E-state index contributed by atoms with van der Waals surface area (Å²) in [5, 5.41) is 4.01. The van der Waals surface area contributed by atoms with Crippen LogP contribution in [0.3, 0.4) is 0 Å². The second-order valence-electron chi connectivity index (χ2n) is 4.27. The van der Waals surface area contributed by atoms with E-state index in [9.17, 15) is 8.42 Å². The normalized spacial score (nSPS) is 11.7. The van der Waals surface area contributed by atoms with Gasteiger partial charge in [0, 0.05) is 17.7 Å². The Morgan fingerprint density at radius 2 is 2.16 bits per heavy atom. The number of sulfone groups is 1. The number of anilines is 1. The molecule has 0 aliphatic heterocycles. The predicted molar refractivity (Wildman–Crippen MR) is 77.5 cm³/mol. The highest BCUT2D eigenvalue weighted by molar-refractivity contribution is 9.10. The molecule has 1 aromatic carbocycles. The average molecular weight is 344 g/mol. The summed E-state index contributed by atoms with van der Waals surface area (Å²) in [6.07, 6.45) is 3.90. The molecule has 1 aromatic heterocycles. The summed E-state index contributed by atoms with van der Waals surface area (Å²) in [7, 11) is -1.58. The van der Waals surface area contributed by atoms with Gasteiger partial charge in [-0.25, -0.2) is 8.42 Å². The van der Waals surface area contributed by atoms with Gasteiger partial charge >= 0.3 is 0 Å². The van der Waals surface area contributed by atoms with E-state index in [1.165, 1.54) is 6.07 Å². The van der Waals surface area contributed by atoms with E-state index < -0.39 is 9.84 Å². The van der Waals surface area contributed by atoms with E-state index >= 15 is 0 Å². The Hall–Kier alpha value is -1.34. The Kier molecular flexibility index (Phi) is 3.96. The molecule has 5 nitrogen and oxygen atoms in total. The molecule has 0 spiro atoms. The van der Waals surface area contributed by atoms with Crippen molar-refractivity contribution < 1.29 is 8.42 Å². The van der Waals surface area contributed by atoms with Crippen LogP contribution in [-0.4, -0.2) is 24.0 Å². The fourth-order valence-corrected chi connectivity index (χ4v) is 3.56. The number of nitrogens with two attached hydrogens (primary N) is 1. The monoisotopic (exact) mass is 343 g/mol. The fraction of sp³-hybridized carbons (Fsp3) is 0.250. The third kappa shape index (κ3) is 3.36. The van der Waals surface area contributed by atoms with Crippen LogP contribution in [0.1, 0.15) is 5.56 Å². The summed E-state index contributed by atoms with van der Waals surface area (Å²) < 4.78 is 26.9. The Morgan fingerprint density at radius 3 is 2.74 bits per heavy atom. The molecule has 0 amide bonds. The standard InChI is InChI=1S/C12H14BrN3O2S/c1-16-8-9(7-15-16)4-5-19(17,18)12-3-2-10(13)6-11(12)14/h2-3,6-8H,4-5,14H2,1H3. The third-order valence-corrected chi connectivity index (χ3v) is 5.00. The number of aryl methyl sites for hydroxylation is 2. The first kappa shape index (κ1) is 14.1. The van der Waals surface area contributed by atoms with Crippen molar-refractivity contribution in [3.63, 3.8) is 0 Å². The highest BCUT2D eigenvalue weighted by Gasteiger charge is 2.18. The van der Waals surface area contributed by atoms with Crippen molar-refractivity contribution in [2.75, 3.05) is 11.5 Å². The molecular weight excluding hydrogens is 330 g/mol. The van der Waals surface area contributed by atoms with Gasteiger partial charge in [-0.15, -0.1) is 0 Å². The lowest BCUT2D eigenvalue weighted by atomic mass is 10.3. The van der Waals surface area contributed by atoms with Crippen LogP contribution in [0.5, 0.6) is 0 Å². The van der Waals surface area contributed by atoms with E-state index in [-0.39, 0.29) is 16.3 Å². The number of nitrogen functional groups attached to an aromatic ring is 1. The van der Waals surface area contributed by atoms with E-state index in [0.29, 0.717) is 6.42 Å². The smallest absolute Gasteiger partial charge is 0.180 e. The van der Waals surface area contributed by atoms with Gasteiger partial charge in [-0.1, -0.05) is 15.9 Å². The maximum Gasteiger partial charge on any atom is 0.180 e. The number of benzene rings is 1. The summed E-state index contributed by atoms with van der Waals surface area (Å²) >= 11 is 3.26. The van der Waals surface area contributed by atoms with Crippen molar-refractivity contribution in [3.8, 4) is 0 Å². The van der Waals surface area contributed by atoms with Crippen molar-refractivity contribution in [1.82, 2.24) is 9.78 Å². The van der Waals surface area contributed by atoms with Crippen LogP contribution in [0.4, 0.5) is 5.69 Å². The summed E-state index contributed by atoms with van der Waals surface area (Å²) in [6, 6.07) is 4.79. The molecule has 2 rings (SSSR count). The Bertz CT molecular complexity index is 695. The molecule has 0 saturated heterocycles. The van der Waals surface area contributed by atoms with Crippen LogP contribution < -0.4 is 5.73 Å². The lowest BCUT2D eigenvalue weighted by molar-refractivity contribution is 0.595. The van der Waals surface area contributed by atoms with Crippen molar-refractivity contribution >= 4 is 31.5 Å². The van der Waals surface area contributed by atoms with Crippen LogP contribution in [0.25, 0.3) is 0 Å². The molecule has 1 heterocycles. The van der Waals surface area contributed by atoms with Crippen molar-refractivity contribution in [3.05, 3.63) is 40.6 Å². The zero-order valence-electron chi connectivity index (χ0n) is 10.4. The van der Waals surface area contributed by atoms with Crippen molar-refractivity contribution in [2.24, 2.45) is 7.05 Å². The quantitative estimate of drug-likeness (QED) is 0.858. The number of hydrogen-bond donors (Lipinski definition) is 1. The van der Waals surface area contributed by atoms with Gasteiger partial charge in [0.05, 0.1) is 22.5 Å². The molecule has 2 aromatic rings. The maximum absolute atomic E-state index is 12.2. The van der Waals surface area contributed by atoms with Gasteiger partial charge in [0.15, 0.2) is 9.84 Å². The Labute approximate surface area is 120 Å². The minimum atomic E-state index is -3.38.